The number of benzene rings is 2. The molecule has 2 heterocycles. The monoisotopic (exact) mass is 384 g/mol. The molecule has 3 N–H and O–H groups in total. The van der Waals surface area contributed by atoms with E-state index >= 15 is 0 Å². The first kappa shape index (κ1) is 18.4. The van der Waals surface area contributed by atoms with Crippen molar-refractivity contribution in [3.8, 4) is 22.5 Å². The van der Waals surface area contributed by atoms with E-state index in [1.165, 1.54) is 0 Å². The number of carbonyl (C=O) groups is 1. The number of hydrogen-bond acceptors (Lipinski definition) is 3. The molecular weight excluding hydrogens is 364 g/mol. The molecule has 0 spiro atoms. The summed E-state index contributed by atoms with van der Waals surface area (Å²) in [7, 11) is 0. The van der Waals surface area contributed by atoms with Gasteiger partial charge in [-0.25, -0.2) is 4.98 Å². The van der Waals surface area contributed by atoms with Gasteiger partial charge >= 0.3 is 0 Å². The van der Waals surface area contributed by atoms with Gasteiger partial charge in [0.15, 0.2) is 0 Å². The minimum Gasteiger partial charge on any atom is -0.342 e. The Morgan fingerprint density at radius 1 is 0.862 bits per heavy atom. The second-order valence-corrected chi connectivity index (χ2v) is 6.72. The highest BCUT2D eigenvalue weighted by molar-refractivity contribution is 5.94. The van der Waals surface area contributed by atoms with Crippen molar-refractivity contribution in [3.05, 3.63) is 101 Å². The molecule has 1 atom stereocenters. The smallest absolute Gasteiger partial charge is 0.261 e. The molecule has 2 aromatic heterocycles. The molecule has 0 saturated heterocycles. The third-order valence-electron chi connectivity index (χ3n) is 4.68. The summed E-state index contributed by atoms with van der Waals surface area (Å²) in [6.45, 7) is 1.82. The molecule has 0 aliphatic carbocycles. The third-order valence-corrected chi connectivity index (χ3v) is 4.68. The van der Waals surface area contributed by atoms with Crippen LogP contribution in [0, 0.1) is 0 Å². The quantitative estimate of drug-likeness (QED) is 0.487. The Kier molecular flexibility index (Phi) is 5.07. The number of aromatic nitrogens is 3. The molecular formula is C23H20N4O2. The van der Waals surface area contributed by atoms with Crippen LogP contribution in [-0.2, 0) is 0 Å². The number of nitrogens with zero attached hydrogens (tertiary/aromatic N) is 1. The fraction of sp³-hybridized carbons (Fsp3) is 0.0870. The van der Waals surface area contributed by atoms with E-state index in [4.69, 9.17) is 0 Å². The third kappa shape index (κ3) is 4.01. The molecule has 1 amide bonds. The zero-order valence-corrected chi connectivity index (χ0v) is 15.8. The number of rotatable bonds is 5. The lowest BCUT2D eigenvalue weighted by atomic mass is 10.1. The van der Waals surface area contributed by atoms with E-state index in [0.717, 1.165) is 16.8 Å². The molecule has 4 rings (SSSR count). The van der Waals surface area contributed by atoms with Gasteiger partial charge in [0, 0.05) is 5.69 Å². The van der Waals surface area contributed by atoms with Crippen LogP contribution in [-0.4, -0.2) is 20.9 Å². The van der Waals surface area contributed by atoms with Crippen LogP contribution >= 0.6 is 0 Å². The zero-order chi connectivity index (χ0) is 20.2. The van der Waals surface area contributed by atoms with Crippen LogP contribution in [0.3, 0.4) is 0 Å². The van der Waals surface area contributed by atoms with Crippen molar-refractivity contribution in [3.63, 3.8) is 0 Å². The predicted octanol–water partition coefficient (Wildman–Crippen LogP) is 3.92. The highest BCUT2D eigenvalue weighted by atomic mass is 16.2. The molecule has 144 valence electrons. The van der Waals surface area contributed by atoms with Crippen LogP contribution in [0.25, 0.3) is 22.5 Å². The van der Waals surface area contributed by atoms with Crippen LogP contribution in [0.5, 0.6) is 0 Å². The molecule has 0 bridgehead atoms. The van der Waals surface area contributed by atoms with E-state index < -0.39 is 11.5 Å². The minimum absolute atomic E-state index is 0.0615. The summed E-state index contributed by atoms with van der Waals surface area (Å²) in [5.41, 5.74) is 3.06. The zero-order valence-electron chi connectivity index (χ0n) is 15.8. The first-order valence-electron chi connectivity index (χ1n) is 9.32. The second kappa shape index (κ2) is 7.98. The number of hydrogen-bond donors (Lipinski definition) is 3. The van der Waals surface area contributed by atoms with Crippen molar-refractivity contribution >= 4 is 5.91 Å². The van der Waals surface area contributed by atoms with E-state index in [1.807, 2.05) is 67.6 Å². The fourth-order valence-corrected chi connectivity index (χ4v) is 3.10. The molecule has 6 heteroatoms. The number of H-pyrrole nitrogens is 2. The Morgan fingerprint density at radius 3 is 2.10 bits per heavy atom. The van der Waals surface area contributed by atoms with Crippen LogP contribution in [0.4, 0.5) is 0 Å². The predicted molar refractivity (Wildman–Crippen MR) is 112 cm³/mol. The number of pyridine rings is 1. The Labute approximate surface area is 167 Å². The fourth-order valence-electron chi connectivity index (χ4n) is 3.10. The maximum Gasteiger partial charge on any atom is 0.261 e. The van der Waals surface area contributed by atoms with Gasteiger partial charge in [0.2, 0.25) is 0 Å². The summed E-state index contributed by atoms with van der Waals surface area (Å²) >= 11 is 0. The molecule has 29 heavy (non-hydrogen) atoms. The maximum absolute atomic E-state index is 12.6. The number of nitrogens with one attached hydrogen (secondary N) is 3. The molecule has 0 aliphatic heterocycles. The molecule has 4 aromatic rings. The van der Waals surface area contributed by atoms with E-state index in [9.17, 15) is 9.59 Å². The molecule has 0 aliphatic rings. The molecule has 0 saturated carbocycles. The highest BCUT2D eigenvalue weighted by Crippen LogP contribution is 2.19. The first-order chi connectivity index (χ1) is 14.1. The SMILES string of the molecule is CC(NC(=O)c1ccc(-c2ccccc2)[nH]c1=O)c1ncc(-c2ccccc2)[nH]1. The largest absolute Gasteiger partial charge is 0.342 e. The van der Waals surface area contributed by atoms with E-state index in [0.29, 0.717) is 11.5 Å². The normalized spacial score (nSPS) is 11.8. The topological polar surface area (TPSA) is 90.6 Å². The summed E-state index contributed by atoms with van der Waals surface area (Å²) in [6.07, 6.45) is 1.73. The van der Waals surface area contributed by atoms with Crippen molar-refractivity contribution < 1.29 is 4.79 Å². The average Bonchev–Trinajstić information content (AvgIpc) is 3.25. The Balaban J connectivity index is 1.49. The van der Waals surface area contributed by atoms with Crippen molar-refractivity contribution in [2.24, 2.45) is 0 Å². The lowest BCUT2D eigenvalue weighted by Gasteiger charge is -2.11. The van der Waals surface area contributed by atoms with Crippen molar-refractivity contribution in [1.82, 2.24) is 20.3 Å². The maximum atomic E-state index is 12.6. The summed E-state index contributed by atoms with van der Waals surface area (Å²) in [4.78, 5) is 35.4. The molecule has 6 nitrogen and oxygen atoms in total. The van der Waals surface area contributed by atoms with Crippen LogP contribution in [0.1, 0.15) is 29.1 Å². The second-order valence-electron chi connectivity index (χ2n) is 6.72. The number of amides is 1. The van der Waals surface area contributed by atoms with Gasteiger partial charge in [-0.1, -0.05) is 60.7 Å². The van der Waals surface area contributed by atoms with Gasteiger partial charge in [0.05, 0.1) is 17.9 Å². The van der Waals surface area contributed by atoms with Crippen LogP contribution in [0.15, 0.2) is 83.8 Å². The van der Waals surface area contributed by atoms with Gasteiger partial charge in [0.1, 0.15) is 11.4 Å². The van der Waals surface area contributed by atoms with E-state index in [1.54, 1.807) is 18.3 Å². The number of carbonyl (C=O) groups excluding carboxylic acids is 1. The van der Waals surface area contributed by atoms with Gasteiger partial charge in [-0.05, 0) is 30.2 Å². The summed E-state index contributed by atoms with van der Waals surface area (Å²) in [5, 5.41) is 2.82. The minimum atomic E-state index is -0.448. The summed E-state index contributed by atoms with van der Waals surface area (Å²) < 4.78 is 0. The summed E-state index contributed by atoms with van der Waals surface area (Å²) in [6, 6.07) is 22.2. The van der Waals surface area contributed by atoms with Gasteiger partial charge < -0.3 is 15.3 Å². The summed E-state index contributed by atoms with van der Waals surface area (Å²) in [5.74, 6) is 0.172. The van der Waals surface area contributed by atoms with E-state index in [2.05, 4.69) is 20.3 Å². The molecule has 0 fully saturated rings. The standard InChI is InChI=1S/C23H20N4O2/c1-15(21-24-14-20(26-21)17-10-6-3-7-11-17)25-22(28)18-12-13-19(27-23(18)29)16-8-4-2-5-9-16/h2-15H,1H3,(H,24,26)(H,25,28)(H,27,29). The lowest BCUT2D eigenvalue weighted by molar-refractivity contribution is 0.0937. The van der Waals surface area contributed by atoms with Gasteiger partial charge in [-0.15, -0.1) is 0 Å². The Morgan fingerprint density at radius 2 is 1.48 bits per heavy atom. The molecule has 0 radical (unpaired) electrons. The van der Waals surface area contributed by atoms with Crippen molar-refractivity contribution in [2.75, 3.05) is 0 Å². The van der Waals surface area contributed by atoms with Gasteiger partial charge in [-0.3, -0.25) is 9.59 Å². The Bertz CT molecular complexity index is 1180. The van der Waals surface area contributed by atoms with Crippen molar-refractivity contribution in [1.29, 1.82) is 0 Å². The first-order valence-corrected chi connectivity index (χ1v) is 9.32. The van der Waals surface area contributed by atoms with Crippen molar-refractivity contribution in [2.45, 2.75) is 13.0 Å². The number of aromatic amines is 2. The number of imidazole rings is 1. The average molecular weight is 384 g/mol. The lowest BCUT2D eigenvalue weighted by Crippen LogP contribution is -2.32. The molecule has 1 unspecified atom stereocenters. The van der Waals surface area contributed by atoms with Gasteiger partial charge in [-0.2, -0.15) is 0 Å². The van der Waals surface area contributed by atoms with Crippen LogP contribution in [0.2, 0.25) is 0 Å². The van der Waals surface area contributed by atoms with E-state index in [-0.39, 0.29) is 11.6 Å². The van der Waals surface area contributed by atoms with Gasteiger partial charge in [0.25, 0.3) is 11.5 Å². The molecule has 2 aromatic carbocycles. The Hall–Kier alpha value is -3.93. The van der Waals surface area contributed by atoms with Crippen LogP contribution < -0.4 is 10.9 Å². The highest BCUT2D eigenvalue weighted by Gasteiger charge is 2.17.